The van der Waals surface area contributed by atoms with Gasteiger partial charge < -0.3 is 28.4 Å². The van der Waals surface area contributed by atoms with Crippen molar-refractivity contribution in [1.29, 1.82) is 0 Å². The fourth-order valence-electron chi connectivity index (χ4n) is 3.61. The maximum absolute atomic E-state index is 12.8. The third-order valence-corrected chi connectivity index (χ3v) is 4.65. The van der Waals surface area contributed by atoms with Crippen LogP contribution in [0.2, 0.25) is 0 Å². The molecule has 3 aliphatic heterocycles. The lowest BCUT2D eigenvalue weighted by molar-refractivity contribution is -0.384. The number of hydrogen-bond donors (Lipinski definition) is 0. The molecule has 0 aliphatic carbocycles. The van der Waals surface area contributed by atoms with Crippen LogP contribution in [-0.2, 0) is 28.5 Å². The molecule has 10 heteroatoms. The second kappa shape index (κ2) is 6.46. The third kappa shape index (κ3) is 3.49. The number of fused-ring (bicyclic) bond motifs is 3. The van der Waals surface area contributed by atoms with Crippen molar-refractivity contribution in [2.24, 2.45) is 0 Å². The normalized spacial score (nSPS) is 35.1. The zero-order valence-corrected chi connectivity index (χ0v) is 15.8. The summed E-state index contributed by atoms with van der Waals surface area (Å²) in [6.07, 6.45) is -3.81. The fourth-order valence-corrected chi connectivity index (χ4v) is 3.61. The van der Waals surface area contributed by atoms with Crippen molar-refractivity contribution in [3.63, 3.8) is 0 Å². The second-order valence-electron chi connectivity index (χ2n) is 7.76. The molecule has 0 spiro atoms. The highest BCUT2D eigenvalue weighted by molar-refractivity contribution is 5.78. The SMILES string of the molecule is CC1(C)O[C@@H]2O[C@H](C(=O)Oc3ccc([N+](=O)[O-])cc3)[C@@H]3OC(C)(C)O[C@@H]3[C@@H]2O1. The van der Waals surface area contributed by atoms with Gasteiger partial charge in [0.1, 0.15) is 24.1 Å². The van der Waals surface area contributed by atoms with Gasteiger partial charge in [-0.3, -0.25) is 10.1 Å². The van der Waals surface area contributed by atoms with Crippen molar-refractivity contribution in [2.75, 3.05) is 0 Å². The number of carbonyl (C=O) groups excluding carboxylic acids is 1. The number of nitrogens with zero attached hydrogens (tertiary/aromatic N) is 1. The van der Waals surface area contributed by atoms with Crippen molar-refractivity contribution in [1.82, 2.24) is 0 Å². The van der Waals surface area contributed by atoms with Crippen LogP contribution in [0.4, 0.5) is 5.69 Å². The molecule has 0 saturated carbocycles. The van der Waals surface area contributed by atoms with Crippen LogP contribution in [-0.4, -0.2) is 53.2 Å². The molecule has 0 bridgehead atoms. The number of esters is 1. The molecule has 0 unspecified atom stereocenters. The van der Waals surface area contributed by atoms with Gasteiger partial charge >= 0.3 is 5.97 Å². The Hall–Kier alpha value is -2.11. The van der Waals surface area contributed by atoms with E-state index in [1.807, 2.05) is 0 Å². The first-order valence-electron chi connectivity index (χ1n) is 8.88. The van der Waals surface area contributed by atoms with Crippen LogP contribution in [0.5, 0.6) is 5.75 Å². The van der Waals surface area contributed by atoms with Crippen LogP contribution >= 0.6 is 0 Å². The van der Waals surface area contributed by atoms with Crippen molar-refractivity contribution >= 4 is 11.7 Å². The largest absolute Gasteiger partial charge is 0.425 e. The molecule has 3 aliphatic rings. The summed E-state index contributed by atoms with van der Waals surface area (Å²) < 4.78 is 34.6. The molecule has 0 amide bonds. The van der Waals surface area contributed by atoms with E-state index in [1.54, 1.807) is 27.7 Å². The summed E-state index contributed by atoms with van der Waals surface area (Å²) in [6.45, 7) is 6.96. The number of hydrogen-bond acceptors (Lipinski definition) is 9. The Balaban J connectivity index is 1.54. The Morgan fingerprint density at radius 1 is 0.964 bits per heavy atom. The van der Waals surface area contributed by atoms with Crippen molar-refractivity contribution < 1.29 is 38.1 Å². The van der Waals surface area contributed by atoms with Gasteiger partial charge in [0.05, 0.1) is 4.92 Å². The molecule has 3 heterocycles. The minimum absolute atomic E-state index is 0.107. The first kappa shape index (κ1) is 19.2. The minimum atomic E-state index is -1.11. The summed E-state index contributed by atoms with van der Waals surface area (Å²) in [4.78, 5) is 23.0. The number of non-ortho nitro benzene ring substituents is 1. The molecule has 0 N–H and O–H groups in total. The average molecular weight is 395 g/mol. The molecule has 3 fully saturated rings. The quantitative estimate of drug-likeness (QED) is 0.327. The number of nitro benzene ring substituents is 1. The average Bonchev–Trinajstić information content (AvgIpc) is 3.08. The summed E-state index contributed by atoms with van der Waals surface area (Å²) in [6, 6.07) is 5.18. The summed E-state index contributed by atoms with van der Waals surface area (Å²) in [5.41, 5.74) is -0.107. The van der Waals surface area contributed by atoms with Crippen LogP contribution in [0.25, 0.3) is 0 Å². The third-order valence-electron chi connectivity index (χ3n) is 4.65. The summed E-state index contributed by atoms with van der Waals surface area (Å²) in [5.74, 6) is -2.39. The smallest absolute Gasteiger partial charge is 0.343 e. The molecule has 1 aromatic carbocycles. The monoisotopic (exact) mass is 395 g/mol. The molecule has 3 saturated heterocycles. The van der Waals surface area contributed by atoms with Crippen molar-refractivity contribution in [3.8, 4) is 5.75 Å². The topological polar surface area (TPSA) is 116 Å². The van der Waals surface area contributed by atoms with Gasteiger partial charge in [0.2, 0.25) is 0 Å². The van der Waals surface area contributed by atoms with Crippen LogP contribution in [0.3, 0.4) is 0 Å². The molecule has 28 heavy (non-hydrogen) atoms. The standard InChI is InChI=1S/C18H21NO9/c1-17(2)25-11-12(26-17)14-16(28-18(3,4)27-14)24-13(11)15(20)23-10-7-5-9(6-8-10)19(21)22/h5-8,11-14,16H,1-4H3/t11-,12+,13+,14+,16+/m1/s1. The van der Waals surface area contributed by atoms with E-state index in [2.05, 4.69) is 0 Å². The molecule has 0 aromatic heterocycles. The van der Waals surface area contributed by atoms with Crippen molar-refractivity contribution in [3.05, 3.63) is 34.4 Å². The zero-order chi connectivity index (χ0) is 20.3. The first-order chi connectivity index (χ1) is 13.0. The molecule has 5 atom stereocenters. The van der Waals surface area contributed by atoms with E-state index >= 15 is 0 Å². The predicted molar refractivity (Wildman–Crippen MR) is 91.3 cm³/mol. The number of carbonyl (C=O) groups is 1. The van der Waals surface area contributed by atoms with Crippen LogP contribution in [0, 0.1) is 10.1 Å². The van der Waals surface area contributed by atoms with Gasteiger partial charge in [-0.25, -0.2) is 4.79 Å². The summed E-state index contributed by atoms with van der Waals surface area (Å²) in [7, 11) is 0. The lowest BCUT2D eigenvalue weighted by atomic mass is 9.99. The van der Waals surface area contributed by atoms with Crippen LogP contribution in [0.1, 0.15) is 27.7 Å². The number of benzene rings is 1. The van der Waals surface area contributed by atoms with E-state index in [0.29, 0.717) is 0 Å². The second-order valence-corrected chi connectivity index (χ2v) is 7.76. The van der Waals surface area contributed by atoms with E-state index in [4.69, 9.17) is 28.4 Å². The van der Waals surface area contributed by atoms with E-state index in [0.717, 1.165) is 0 Å². The lowest BCUT2D eigenvalue weighted by Crippen LogP contribution is -2.58. The fraction of sp³-hybridized carbons (Fsp3) is 0.611. The zero-order valence-electron chi connectivity index (χ0n) is 15.8. The Kier molecular flexibility index (Phi) is 4.43. The van der Waals surface area contributed by atoms with E-state index in [-0.39, 0.29) is 11.4 Å². The molecule has 1 aromatic rings. The van der Waals surface area contributed by atoms with Crippen LogP contribution < -0.4 is 4.74 Å². The van der Waals surface area contributed by atoms with E-state index < -0.39 is 53.2 Å². The van der Waals surface area contributed by atoms with E-state index in [1.165, 1.54) is 24.3 Å². The van der Waals surface area contributed by atoms with Crippen LogP contribution in [0.15, 0.2) is 24.3 Å². The van der Waals surface area contributed by atoms with Crippen molar-refractivity contribution in [2.45, 2.75) is 70.0 Å². The molecule has 4 rings (SSSR count). The molecular weight excluding hydrogens is 374 g/mol. The Morgan fingerprint density at radius 3 is 2.18 bits per heavy atom. The lowest BCUT2D eigenvalue weighted by Gasteiger charge is -2.35. The predicted octanol–water partition coefficient (Wildman–Crippen LogP) is 1.90. The maximum Gasteiger partial charge on any atom is 0.343 e. The number of rotatable bonds is 3. The molecular formula is C18H21NO9. The van der Waals surface area contributed by atoms with Gasteiger partial charge in [-0.2, -0.15) is 0 Å². The summed E-state index contributed by atoms with van der Waals surface area (Å²) >= 11 is 0. The Bertz CT molecular complexity index is 791. The van der Waals surface area contributed by atoms with E-state index in [9.17, 15) is 14.9 Å². The van der Waals surface area contributed by atoms with Gasteiger partial charge in [-0.05, 0) is 39.8 Å². The highest BCUT2D eigenvalue weighted by Gasteiger charge is 2.62. The number of ether oxygens (including phenoxy) is 6. The van der Waals surface area contributed by atoms with Gasteiger partial charge in [-0.15, -0.1) is 0 Å². The van der Waals surface area contributed by atoms with Gasteiger partial charge in [0.25, 0.3) is 5.69 Å². The molecule has 152 valence electrons. The first-order valence-corrected chi connectivity index (χ1v) is 8.88. The molecule has 0 radical (unpaired) electrons. The molecule has 10 nitrogen and oxygen atoms in total. The van der Waals surface area contributed by atoms with Gasteiger partial charge in [0.15, 0.2) is 24.0 Å². The Morgan fingerprint density at radius 2 is 1.54 bits per heavy atom. The maximum atomic E-state index is 12.8. The minimum Gasteiger partial charge on any atom is -0.425 e. The highest BCUT2D eigenvalue weighted by Crippen LogP contribution is 2.44. The number of nitro groups is 1. The Labute approximate surface area is 160 Å². The summed E-state index contributed by atoms with van der Waals surface area (Å²) in [5, 5.41) is 10.7. The van der Waals surface area contributed by atoms with Gasteiger partial charge in [0, 0.05) is 12.1 Å². The highest BCUT2D eigenvalue weighted by atomic mass is 16.9. The van der Waals surface area contributed by atoms with Gasteiger partial charge in [-0.1, -0.05) is 0 Å².